The van der Waals surface area contributed by atoms with Gasteiger partial charge in [0.05, 0.1) is 11.6 Å². The Morgan fingerprint density at radius 1 is 1.05 bits per heavy atom. The largest absolute Gasteiger partial charge is 0.271 e. The molecule has 3 aromatic rings. The Kier molecular flexibility index (Phi) is 3.95. The predicted molar refractivity (Wildman–Crippen MR) is 90.1 cm³/mol. The van der Waals surface area contributed by atoms with Crippen molar-refractivity contribution in [3.8, 4) is 0 Å². The van der Waals surface area contributed by atoms with Crippen molar-refractivity contribution >= 4 is 33.5 Å². The van der Waals surface area contributed by atoms with E-state index in [0.717, 1.165) is 22.0 Å². The quantitative estimate of drug-likeness (QED) is 0.419. The number of nitrogens with two attached hydrogens (primary N) is 1. The maximum atomic E-state index is 5.81. The van der Waals surface area contributed by atoms with Crippen LogP contribution in [0.2, 0.25) is 0 Å². The number of halogens is 1. The van der Waals surface area contributed by atoms with Gasteiger partial charge in [0, 0.05) is 15.2 Å². The van der Waals surface area contributed by atoms with Crippen LogP contribution in [0.1, 0.15) is 17.2 Å². The molecule has 0 spiro atoms. The molecule has 1 atom stereocenters. The van der Waals surface area contributed by atoms with E-state index in [1.165, 1.54) is 3.57 Å². The monoisotopic (exact) mass is 375 g/mol. The van der Waals surface area contributed by atoms with Crippen LogP contribution in [0.3, 0.4) is 0 Å². The molecule has 0 radical (unpaired) electrons. The molecule has 0 aliphatic heterocycles. The van der Waals surface area contributed by atoms with E-state index >= 15 is 0 Å². The zero-order chi connectivity index (χ0) is 13.9. The van der Waals surface area contributed by atoms with Gasteiger partial charge < -0.3 is 0 Å². The fraction of sp³-hybridized carbons (Fsp3) is 0.0625. The van der Waals surface area contributed by atoms with Gasteiger partial charge in [0.25, 0.3) is 0 Å². The topological polar surface area (TPSA) is 50.9 Å². The van der Waals surface area contributed by atoms with E-state index in [9.17, 15) is 0 Å². The third-order valence-electron chi connectivity index (χ3n) is 3.34. The van der Waals surface area contributed by atoms with Crippen LogP contribution in [0.15, 0.2) is 60.8 Å². The van der Waals surface area contributed by atoms with Gasteiger partial charge in [-0.05, 0) is 58.0 Å². The summed E-state index contributed by atoms with van der Waals surface area (Å²) in [5.74, 6) is 5.81. The molecule has 0 bridgehead atoms. The molecular formula is C16H14IN3. The Morgan fingerprint density at radius 2 is 1.90 bits per heavy atom. The number of pyridine rings is 1. The summed E-state index contributed by atoms with van der Waals surface area (Å²) < 4.78 is 1.19. The van der Waals surface area contributed by atoms with Gasteiger partial charge in [0.2, 0.25) is 0 Å². The van der Waals surface area contributed by atoms with Gasteiger partial charge in [0.1, 0.15) is 0 Å². The second kappa shape index (κ2) is 5.87. The van der Waals surface area contributed by atoms with Crippen LogP contribution in [0, 0.1) is 3.57 Å². The van der Waals surface area contributed by atoms with E-state index in [-0.39, 0.29) is 6.04 Å². The Bertz CT molecular complexity index is 737. The van der Waals surface area contributed by atoms with E-state index in [1.807, 2.05) is 30.5 Å². The number of nitrogens with one attached hydrogen (secondary N) is 1. The number of benzene rings is 2. The van der Waals surface area contributed by atoms with Crippen molar-refractivity contribution < 1.29 is 0 Å². The highest BCUT2D eigenvalue weighted by atomic mass is 127. The molecule has 4 heteroatoms. The number of hydrazine groups is 1. The zero-order valence-electron chi connectivity index (χ0n) is 10.8. The smallest absolute Gasteiger partial charge is 0.0717 e. The second-order valence-corrected chi connectivity index (χ2v) is 5.82. The van der Waals surface area contributed by atoms with Crippen molar-refractivity contribution in [3.63, 3.8) is 0 Å². The molecular weight excluding hydrogens is 361 g/mol. The third-order valence-corrected chi connectivity index (χ3v) is 4.01. The van der Waals surface area contributed by atoms with Crippen LogP contribution in [0.25, 0.3) is 10.9 Å². The first-order chi connectivity index (χ1) is 9.79. The van der Waals surface area contributed by atoms with Gasteiger partial charge in [-0.25, -0.2) is 5.43 Å². The van der Waals surface area contributed by atoms with Crippen molar-refractivity contribution in [3.05, 3.63) is 75.5 Å². The fourth-order valence-corrected chi connectivity index (χ4v) is 3.00. The first-order valence-corrected chi connectivity index (χ1v) is 7.42. The fourth-order valence-electron chi connectivity index (χ4n) is 2.43. The van der Waals surface area contributed by atoms with E-state index in [1.54, 1.807) is 0 Å². The minimum atomic E-state index is -0.0439. The summed E-state index contributed by atoms with van der Waals surface area (Å²) in [7, 11) is 0. The molecule has 100 valence electrons. The summed E-state index contributed by atoms with van der Waals surface area (Å²) >= 11 is 2.31. The minimum Gasteiger partial charge on any atom is -0.271 e. The van der Waals surface area contributed by atoms with Gasteiger partial charge in [0.15, 0.2) is 0 Å². The second-order valence-electron chi connectivity index (χ2n) is 4.57. The highest BCUT2D eigenvalue weighted by Crippen LogP contribution is 2.28. The summed E-state index contributed by atoms with van der Waals surface area (Å²) in [6.45, 7) is 0. The Balaban J connectivity index is 2.17. The number of rotatable bonds is 3. The lowest BCUT2D eigenvalue weighted by Crippen LogP contribution is -2.29. The molecule has 0 amide bonds. The van der Waals surface area contributed by atoms with Crippen LogP contribution in [-0.4, -0.2) is 4.98 Å². The number of aromatic nitrogens is 1. The van der Waals surface area contributed by atoms with E-state index in [4.69, 9.17) is 5.84 Å². The van der Waals surface area contributed by atoms with Gasteiger partial charge in [-0.3, -0.25) is 10.8 Å². The Morgan fingerprint density at radius 3 is 2.70 bits per heavy atom. The molecule has 0 aliphatic carbocycles. The van der Waals surface area contributed by atoms with Crippen molar-refractivity contribution in [2.75, 3.05) is 0 Å². The van der Waals surface area contributed by atoms with Gasteiger partial charge >= 0.3 is 0 Å². The average Bonchev–Trinajstić information content (AvgIpc) is 2.48. The van der Waals surface area contributed by atoms with Crippen molar-refractivity contribution in [2.45, 2.75) is 6.04 Å². The van der Waals surface area contributed by atoms with Crippen molar-refractivity contribution in [1.29, 1.82) is 0 Å². The van der Waals surface area contributed by atoms with Crippen LogP contribution in [-0.2, 0) is 0 Å². The molecule has 1 aromatic heterocycles. The first-order valence-electron chi connectivity index (χ1n) is 6.35. The van der Waals surface area contributed by atoms with Crippen molar-refractivity contribution in [2.24, 2.45) is 5.84 Å². The molecule has 3 nitrogen and oxygen atoms in total. The molecule has 3 rings (SSSR count). The maximum Gasteiger partial charge on any atom is 0.0717 e. The molecule has 1 heterocycles. The average molecular weight is 375 g/mol. The summed E-state index contributed by atoms with van der Waals surface area (Å²) in [5.41, 5.74) is 6.19. The predicted octanol–water partition coefficient (Wildman–Crippen LogP) is 3.39. The van der Waals surface area contributed by atoms with E-state index < -0.39 is 0 Å². The molecule has 0 aliphatic rings. The molecule has 0 saturated carbocycles. The highest BCUT2D eigenvalue weighted by Gasteiger charge is 2.15. The molecule has 0 fully saturated rings. The number of fused-ring (bicyclic) bond motifs is 1. The molecule has 1 unspecified atom stereocenters. The Labute approximate surface area is 131 Å². The normalized spacial score (nSPS) is 12.5. The van der Waals surface area contributed by atoms with Gasteiger partial charge in [-0.1, -0.05) is 30.3 Å². The van der Waals surface area contributed by atoms with Gasteiger partial charge in [-0.15, -0.1) is 0 Å². The summed E-state index contributed by atoms with van der Waals surface area (Å²) in [4.78, 5) is 4.40. The van der Waals surface area contributed by atoms with Crippen LogP contribution < -0.4 is 11.3 Å². The van der Waals surface area contributed by atoms with Gasteiger partial charge in [-0.2, -0.15) is 0 Å². The summed E-state index contributed by atoms with van der Waals surface area (Å²) in [5, 5.41) is 1.12. The lowest BCUT2D eigenvalue weighted by Gasteiger charge is -2.19. The minimum absolute atomic E-state index is 0.0439. The maximum absolute atomic E-state index is 5.81. The van der Waals surface area contributed by atoms with Crippen LogP contribution in [0.5, 0.6) is 0 Å². The number of hydrogen-bond donors (Lipinski definition) is 2. The summed E-state index contributed by atoms with van der Waals surface area (Å²) in [6, 6.07) is 18.5. The Hall–Kier alpha value is -1.50. The van der Waals surface area contributed by atoms with Crippen LogP contribution in [0.4, 0.5) is 0 Å². The standard InChI is InChI=1S/C16H14IN3/c17-12-5-1-4-11(10-12)16(20-18)14-6-2-8-15-13(14)7-3-9-19-15/h1-10,16,20H,18H2. The van der Waals surface area contributed by atoms with E-state index in [2.05, 4.69) is 63.3 Å². The summed E-state index contributed by atoms with van der Waals surface area (Å²) in [6.07, 6.45) is 1.81. The SMILES string of the molecule is NNC(c1cccc(I)c1)c1cccc2ncccc12. The van der Waals surface area contributed by atoms with E-state index in [0.29, 0.717) is 0 Å². The third kappa shape index (κ3) is 2.54. The molecule has 3 N–H and O–H groups in total. The number of nitrogens with zero attached hydrogens (tertiary/aromatic N) is 1. The lowest BCUT2D eigenvalue weighted by molar-refractivity contribution is 0.640. The molecule has 2 aromatic carbocycles. The molecule has 20 heavy (non-hydrogen) atoms. The van der Waals surface area contributed by atoms with Crippen LogP contribution >= 0.6 is 22.6 Å². The zero-order valence-corrected chi connectivity index (χ0v) is 12.9. The highest BCUT2D eigenvalue weighted by molar-refractivity contribution is 14.1. The lowest BCUT2D eigenvalue weighted by atomic mass is 9.96. The first kappa shape index (κ1) is 13.5. The number of hydrogen-bond acceptors (Lipinski definition) is 3. The molecule has 0 saturated heterocycles. The van der Waals surface area contributed by atoms with Crippen molar-refractivity contribution in [1.82, 2.24) is 10.4 Å².